The standard InChI is InChI=1S/C25H23ClN2O2/c1-16-11-17(2)13-22(12-16)27-24(29)19-8-9-23-18(14-19)6-4-10-28(23)25(30)20-5-3-7-21(26)15-20/h3,5,7-9,11-15H,4,6,10H2,1-2H3,(H,27,29). The Hall–Kier alpha value is -3.11. The van der Waals surface area contributed by atoms with Crippen LogP contribution in [0.5, 0.6) is 0 Å². The smallest absolute Gasteiger partial charge is 0.258 e. The second-order valence-electron chi connectivity index (χ2n) is 7.74. The first-order valence-corrected chi connectivity index (χ1v) is 10.4. The van der Waals surface area contributed by atoms with Crippen LogP contribution in [-0.2, 0) is 6.42 Å². The van der Waals surface area contributed by atoms with Gasteiger partial charge in [-0.3, -0.25) is 9.59 Å². The molecule has 0 radical (unpaired) electrons. The molecule has 1 N–H and O–H groups in total. The minimum atomic E-state index is -0.152. The number of nitrogens with one attached hydrogen (secondary N) is 1. The van der Waals surface area contributed by atoms with Crippen LogP contribution in [0, 0.1) is 13.8 Å². The molecule has 1 aliphatic rings. The lowest BCUT2D eigenvalue weighted by Gasteiger charge is -2.30. The maximum Gasteiger partial charge on any atom is 0.258 e. The zero-order valence-corrected chi connectivity index (χ0v) is 17.8. The Bertz CT molecular complexity index is 1120. The molecule has 30 heavy (non-hydrogen) atoms. The zero-order chi connectivity index (χ0) is 21.3. The Labute approximate surface area is 181 Å². The summed E-state index contributed by atoms with van der Waals surface area (Å²) in [6, 6.07) is 18.5. The van der Waals surface area contributed by atoms with Gasteiger partial charge in [0.25, 0.3) is 11.8 Å². The number of carbonyl (C=O) groups excluding carboxylic acids is 2. The van der Waals surface area contributed by atoms with E-state index in [1.165, 1.54) is 0 Å². The average molecular weight is 419 g/mol. The summed E-state index contributed by atoms with van der Waals surface area (Å²) < 4.78 is 0. The molecular formula is C25H23ClN2O2. The number of hydrogen-bond donors (Lipinski definition) is 1. The summed E-state index contributed by atoms with van der Waals surface area (Å²) in [5, 5.41) is 3.52. The average Bonchev–Trinajstić information content (AvgIpc) is 2.71. The van der Waals surface area contributed by atoms with Gasteiger partial charge in [0, 0.05) is 34.1 Å². The van der Waals surface area contributed by atoms with Gasteiger partial charge >= 0.3 is 0 Å². The van der Waals surface area contributed by atoms with Crippen molar-refractivity contribution in [3.63, 3.8) is 0 Å². The van der Waals surface area contributed by atoms with Gasteiger partial charge in [-0.2, -0.15) is 0 Å². The first kappa shape index (κ1) is 20.2. The summed E-state index contributed by atoms with van der Waals surface area (Å²) in [6.07, 6.45) is 1.68. The SMILES string of the molecule is Cc1cc(C)cc(NC(=O)c2ccc3c(c2)CCCN3C(=O)c2cccc(Cl)c2)c1. The predicted molar refractivity (Wildman–Crippen MR) is 122 cm³/mol. The Kier molecular flexibility index (Phi) is 5.60. The Morgan fingerprint density at radius 2 is 1.70 bits per heavy atom. The third-order valence-corrected chi connectivity index (χ3v) is 5.49. The molecule has 0 saturated carbocycles. The molecule has 4 rings (SSSR count). The highest BCUT2D eigenvalue weighted by molar-refractivity contribution is 6.31. The topological polar surface area (TPSA) is 49.4 Å². The van der Waals surface area contributed by atoms with Crippen molar-refractivity contribution in [1.29, 1.82) is 0 Å². The summed E-state index contributed by atoms with van der Waals surface area (Å²) in [5.74, 6) is -0.230. The van der Waals surface area contributed by atoms with E-state index in [0.717, 1.165) is 40.9 Å². The molecule has 1 heterocycles. The number of carbonyl (C=O) groups is 2. The number of fused-ring (bicyclic) bond motifs is 1. The molecule has 152 valence electrons. The van der Waals surface area contributed by atoms with Gasteiger partial charge in [-0.05, 0) is 91.9 Å². The fourth-order valence-corrected chi connectivity index (χ4v) is 4.17. The maximum atomic E-state index is 13.0. The third-order valence-electron chi connectivity index (χ3n) is 5.26. The van der Waals surface area contributed by atoms with Crippen LogP contribution in [0.1, 0.15) is 43.8 Å². The molecule has 1 aliphatic heterocycles. The lowest BCUT2D eigenvalue weighted by atomic mass is 9.98. The van der Waals surface area contributed by atoms with Crippen molar-refractivity contribution in [2.75, 3.05) is 16.8 Å². The largest absolute Gasteiger partial charge is 0.322 e. The molecular weight excluding hydrogens is 396 g/mol. The van der Waals surface area contributed by atoms with Crippen LogP contribution in [0.4, 0.5) is 11.4 Å². The molecule has 0 unspecified atom stereocenters. The van der Waals surface area contributed by atoms with E-state index in [-0.39, 0.29) is 11.8 Å². The van der Waals surface area contributed by atoms with Crippen molar-refractivity contribution in [2.24, 2.45) is 0 Å². The minimum absolute atomic E-state index is 0.0779. The quantitative estimate of drug-likeness (QED) is 0.584. The first-order valence-electron chi connectivity index (χ1n) is 10.0. The van der Waals surface area contributed by atoms with Crippen molar-refractivity contribution in [1.82, 2.24) is 0 Å². The molecule has 0 saturated heterocycles. The van der Waals surface area contributed by atoms with Crippen LogP contribution >= 0.6 is 11.6 Å². The highest BCUT2D eigenvalue weighted by Crippen LogP contribution is 2.30. The fraction of sp³-hybridized carbons (Fsp3) is 0.200. The molecule has 3 aromatic rings. The number of nitrogens with zero attached hydrogens (tertiary/aromatic N) is 1. The third kappa shape index (κ3) is 4.24. The predicted octanol–water partition coefficient (Wildman–Crippen LogP) is 5.80. The van der Waals surface area contributed by atoms with Crippen molar-refractivity contribution in [2.45, 2.75) is 26.7 Å². The van der Waals surface area contributed by atoms with E-state index in [0.29, 0.717) is 22.7 Å². The lowest BCUT2D eigenvalue weighted by molar-refractivity contribution is 0.0984. The number of rotatable bonds is 3. The van der Waals surface area contributed by atoms with Gasteiger partial charge in [0.2, 0.25) is 0 Å². The van der Waals surface area contributed by atoms with Gasteiger partial charge in [-0.25, -0.2) is 0 Å². The van der Waals surface area contributed by atoms with Crippen LogP contribution in [-0.4, -0.2) is 18.4 Å². The highest BCUT2D eigenvalue weighted by atomic mass is 35.5. The van der Waals surface area contributed by atoms with Crippen LogP contribution in [0.2, 0.25) is 5.02 Å². The van der Waals surface area contributed by atoms with Crippen LogP contribution in [0.25, 0.3) is 0 Å². The van der Waals surface area contributed by atoms with Crippen molar-refractivity contribution in [3.05, 3.63) is 93.5 Å². The zero-order valence-electron chi connectivity index (χ0n) is 17.0. The second-order valence-corrected chi connectivity index (χ2v) is 8.18. The molecule has 5 heteroatoms. The fourth-order valence-electron chi connectivity index (χ4n) is 3.98. The van der Waals surface area contributed by atoms with Gasteiger partial charge < -0.3 is 10.2 Å². The molecule has 0 spiro atoms. The van der Waals surface area contributed by atoms with E-state index in [1.807, 2.05) is 38.1 Å². The van der Waals surface area contributed by atoms with Crippen molar-refractivity contribution >= 4 is 34.8 Å². The van der Waals surface area contributed by atoms with Crippen molar-refractivity contribution in [3.8, 4) is 0 Å². The highest BCUT2D eigenvalue weighted by Gasteiger charge is 2.24. The van der Waals surface area contributed by atoms with E-state index in [2.05, 4.69) is 11.4 Å². The van der Waals surface area contributed by atoms with Gasteiger partial charge in [0.1, 0.15) is 0 Å². The summed E-state index contributed by atoms with van der Waals surface area (Å²) >= 11 is 6.05. The Balaban J connectivity index is 1.58. The van der Waals surface area contributed by atoms with E-state index >= 15 is 0 Å². The number of benzene rings is 3. The first-order chi connectivity index (χ1) is 14.4. The number of halogens is 1. The molecule has 0 fully saturated rings. The Morgan fingerprint density at radius 1 is 0.933 bits per heavy atom. The molecule has 0 bridgehead atoms. The monoisotopic (exact) mass is 418 g/mol. The Morgan fingerprint density at radius 3 is 2.43 bits per heavy atom. The lowest BCUT2D eigenvalue weighted by Crippen LogP contribution is -2.35. The van der Waals surface area contributed by atoms with E-state index < -0.39 is 0 Å². The van der Waals surface area contributed by atoms with E-state index in [9.17, 15) is 9.59 Å². The molecule has 0 aliphatic carbocycles. The second kappa shape index (κ2) is 8.33. The van der Waals surface area contributed by atoms with Crippen LogP contribution < -0.4 is 10.2 Å². The van der Waals surface area contributed by atoms with Gasteiger partial charge in [0.15, 0.2) is 0 Å². The molecule has 2 amide bonds. The van der Waals surface area contributed by atoms with Crippen LogP contribution in [0.3, 0.4) is 0 Å². The van der Waals surface area contributed by atoms with Gasteiger partial charge in [0.05, 0.1) is 0 Å². The van der Waals surface area contributed by atoms with E-state index in [4.69, 9.17) is 11.6 Å². The van der Waals surface area contributed by atoms with Gasteiger partial charge in [-0.1, -0.05) is 23.7 Å². The van der Waals surface area contributed by atoms with Crippen molar-refractivity contribution < 1.29 is 9.59 Å². The number of anilines is 2. The number of amides is 2. The van der Waals surface area contributed by atoms with Gasteiger partial charge in [-0.15, -0.1) is 0 Å². The maximum absolute atomic E-state index is 13.0. The summed E-state index contributed by atoms with van der Waals surface area (Å²) in [6.45, 7) is 4.66. The minimum Gasteiger partial charge on any atom is -0.322 e. The molecule has 0 aromatic heterocycles. The number of aryl methyl sites for hydroxylation is 3. The summed E-state index contributed by atoms with van der Waals surface area (Å²) in [4.78, 5) is 27.6. The normalized spacial score (nSPS) is 13.0. The summed E-state index contributed by atoms with van der Waals surface area (Å²) in [7, 11) is 0. The molecule has 3 aromatic carbocycles. The van der Waals surface area contributed by atoms with Crippen LogP contribution in [0.15, 0.2) is 60.7 Å². The number of hydrogen-bond acceptors (Lipinski definition) is 2. The summed E-state index contributed by atoms with van der Waals surface area (Å²) in [5.41, 5.74) is 6.00. The molecule has 4 nitrogen and oxygen atoms in total. The van der Waals surface area contributed by atoms with E-state index in [1.54, 1.807) is 35.2 Å². The molecule has 0 atom stereocenters.